The van der Waals surface area contributed by atoms with E-state index in [-0.39, 0.29) is 24.7 Å². The van der Waals surface area contributed by atoms with Crippen LogP contribution < -0.4 is 10.6 Å². The minimum atomic E-state index is -1.01. The first-order valence-electron chi connectivity index (χ1n) is 6.33. The van der Waals surface area contributed by atoms with Gasteiger partial charge in [0.2, 0.25) is 0 Å². The van der Waals surface area contributed by atoms with Crippen LogP contribution in [0.15, 0.2) is 0 Å². The van der Waals surface area contributed by atoms with Gasteiger partial charge in [-0.3, -0.25) is 0 Å². The summed E-state index contributed by atoms with van der Waals surface area (Å²) in [6.45, 7) is 3.07. The fraction of sp³-hybridized carbons (Fsp3) is 0.833. The van der Waals surface area contributed by atoms with Gasteiger partial charge in [-0.2, -0.15) is 0 Å². The number of aliphatic carboxylic acids is 1. The van der Waals surface area contributed by atoms with Crippen LogP contribution in [0.5, 0.6) is 0 Å². The third-order valence-corrected chi connectivity index (χ3v) is 3.24. The predicted octanol–water partition coefficient (Wildman–Crippen LogP) is 0.967. The molecule has 0 aliphatic heterocycles. The average molecular weight is 258 g/mol. The van der Waals surface area contributed by atoms with Crippen LogP contribution in [0.4, 0.5) is 4.79 Å². The molecule has 104 valence electrons. The van der Waals surface area contributed by atoms with E-state index in [1.165, 1.54) is 12.8 Å². The smallest absolute Gasteiger partial charge is 0.329 e. The molecule has 0 saturated heterocycles. The van der Waals surface area contributed by atoms with Crippen LogP contribution in [0.25, 0.3) is 0 Å². The van der Waals surface area contributed by atoms with Crippen molar-refractivity contribution in [3.05, 3.63) is 0 Å². The monoisotopic (exact) mass is 258 g/mol. The maximum atomic E-state index is 11.4. The fourth-order valence-electron chi connectivity index (χ4n) is 2.16. The molecule has 0 aromatic rings. The summed E-state index contributed by atoms with van der Waals surface area (Å²) < 4.78 is 4.80. The van der Waals surface area contributed by atoms with Gasteiger partial charge in [0.05, 0.1) is 6.61 Å². The molecule has 0 spiro atoms. The lowest BCUT2D eigenvalue weighted by molar-refractivity contribution is -0.142. The summed E-state index contributed by atoms with van der Waals surface area (Å²) in [7, 11) is 0. The Morgan fingerprint density at radius 1 is 1.28 bits per heavy atom. The van der Waals surface area contributed by atoms with Crippen molar-refractivity contribution in [3.8, 4) is 0 Å². The van der Waals surface area contributed by atoms with Crippen LogP contribution in [0.3, 0.4) is 0 Å². The highest BCUT2D eigenvalue weighted by molar-refractivity contribution is 5.73. The summed E-state index contributed by atoms with van der Waals surface area (Å²) in [6, 6.07) is -0.220. The molecule has 0 radical (unpaired) electrons. The standard InChI is InChI=1S/C12H22N2O4/c1-12(4-2-3-5-12)9-14-11(17)13-6-7-18-8-10(15)16/h2-9H2,1H3,(H,15,16)(H2,13,14,17). The van der Waals surface area contributed by atoms with Crippen LogP contribution in [0, 0.1) is 5.41 Å². The number of hydrogen-bond acceptors (Lipinski definition) is 3. The van der Waals surface area contributed by atoms with Crippen LogP contribution in [0.1, 0.15) is 32.6 Å². The summed E-state index contributed by atoms with van der Waals surface area (Å²) in [5.41, 5.74) is 0.233. The van der Waals surface area contributed by atoms with Gasteiger partial charge in [-0.05, 0) is 18.3 Å². The van der Waals surface area contributed by atoms with E-state index >= 15 is 0 Å². The van der Waals surface area contributed by atoms with E-state index in [0.29, 0.717) is 13.1 Å². The first-order chi connectivity index (χ1) is 8.52. The van der Waals surface area contributed by atoms with Crippen molar-refractivity contribution >= 4 is 12.0 Å². The molecule has 1 fully saturated rings. The molecule has 0 aromatic heterocycles. The number of carboxylic acid groups (broad SMARTS) is 1. The Kier molecular flexibility index (Phi) is 5.91. The highest BCUT2D eigenvalue weighted by Crippen LogP contribution is 2.36. The van der Waals surface area contributed by atoms with Gasteiger partial charge < -0.3 is 20.5 Å². The lowest BCUT2D eigenvalue weighted by atomic mass is 9.89. The molecular weight excluding hydrogens is 236 g/mol. The summed E-state index contributed by atoms with van der Waals surface area (Å²) in [5.74, 6) is -1.01. The normalized spacial score (nSPS) is 17.4. The number of carbonyl (C=O) groups excluding carboxylic acids is 1. The van der Waals surface area contributed by atoms with Crippen LogP contribution in [-0.2, 0) is 9.53 Å². The first kappa shape index (κ1) is 14.8. The van der Waals surface area contributed by atoms with Crippen molar-refractivity contribution in [2.75, 3.05) is 26.3 Å². The fourth-order valence-corrected chi connectivity index (χ4v) is 2.16. The Labute approximate surface area is 107 Å². The second-order valence-electron chi connectivity index (χ2n) is 5.07. The number of nitrogens with one attached hydrogen (secondary N) is 2. The molecule has 3 N–H and O–H groups in total. The summed E-state index contributed by atoms with van der Waals surface area (Å²) in [5, 5.41) is 13.8. The Morgan fingerprint density at radius 2 is 1.94 bits per heavy atom. The van der Waals surface area contributed by atoms with E-state index in [1.807, 2.05) is 0 Å². The van der Waals surface area contributed by atoms with E-state index in [4.69, 9.17) is 9.84 Å². The van der Waals surface area contributed by atoms with Gasteiger partial charge in [0.1, 0.15) is 6.61 Å². The molecule has 1 rings (SSSR count). The van der Waals surface area contributed by atoms with Crippen molar-refractivity contribution in [3.63, 3.8) is 0 Å². The lowest BCUT2D eigenvalue weighted by Gasteiger charge is -2.23. The number of hydrogen-bond donors (Lipinski definition) is 3. The minimum Gasteiger partial charge on any atom is -0.480 e. The van der Waals surface area contributed by atoms with Crippen molar-refractivity contribution in [2.24, 2.45) is 5.41 Å². The quantitative estimate of drug-likeness (QED) is 0.594. The van der Waals surface area contributed by atoms with Gasteiger partial charge in [0.25, 0.3) is 0 Å². The molecule has 0 aromatic carbocycles. The predicted molar refractivity (Wildman–Crippen MR) is 66.4 cm³/mol. The molecule has 6 nitrogen and oxygen atoms in total. The molecule has 0 heterocycles. The molecule has 6 heteroatoms. The zero-order valence-electron chi connectivity index (χ0n) is 10.8. The lowest BCUT2D eigenvalue weighted by Crippen LogP contribution is -2.42. The first-order valence-corrected chi connectivity index (χ1v) is 6.33. The number of carbonyl (C=O) groups is 2. The Balaban J connectivity index is 2.02. The van der Waals surface area contributed by atoms with E-state index in [2.05, 4.69) is 17.6 Å². The third-order valence-electron chi connectivity index (χ3n) is 3.24. The highest BCUT2D eigenvalue weighted by Gasteiger charge is 2.28. The van der Waals surface area contributed by atoms with Crippen molar-refractivity contribution in [1.82, 2.24) is 10.6 Å². The molecule has 18 heavy (non-hydrogen) atoms. The van der Waals surface area contributed by atoms with Crippen molar-refractivity contribution in [2.45, 2.75) is 32.6 Å². The van der Waals surface area contributed by atoms with Crippen molar-refractivity contribution < 1.29 is 19.4 Å². The van der Waals surface area contributed by atoms with E-state index in [9.17, 15) is 9.59 Å². The molecule has 2 amide bonds. The maximum Gasteiger partial charge on any atom is 0.329 e. The molecule has 0 unspecified atom stereocenters. The Bertz CT molecular complexity index is 288. The van der Waals surface area contributed by atoms with Gasteiger partial charge in [-0.1, -0.05) is 19.8 Å². The number of carboxylic acids is 1. The van der Waals surface area contributed by atoms with E-state index in [1.54, 1.807) is 0 Å². The highest BCUT2D eigenvalue weighted by atomic mass is 16.5. The number of urea groups is 1. The zero-order chi connectivity index (χ0) is 13.4. The van der Waals surface area contributed by atoms with Crippen molar-refractivity contribution in [1.29, 1.82) is 0 Å². The second kappa shape index (κ2) is 7.20. The van der Waals surface area contributed by atoms with Gasteiger partial charge in [0.15, 0.2) is 0 Å². The van der Waals surface area contributed by atoms with Crippen LogP contribution in [0.2, 0.25) is 0 Å². The van der Waals surface area contributed by atoms with Crippen LogP contribution in [-0.4, -0.2) is 43.4 Å². The van der Waals surface area contributed by atoms with Gasteiger partial charge in [-0.15, -0.1) is 0 Å². The minimum absolute atomic E-state index is 0.205. The number of rotatable bonds is 7. The van der Waals surface area contributed by atoms with Crippen LogP contribution >= 0.6 is 0 Å². The SMILES string of the molecule is CC1(CNC(=O)NCCOCC(=O)O)CCCC1. The molecule has 1 saturated carbocycles. The Morgan fingerprint density at radius 3 is 2.56 bits per heavy atom. The largest absolute Gasteiger partial charge is 0.480 e. The summed E-state index contributed by atoms with van der Waals surface area (Å²) >= 11 is 0. The Hall–Kier alpha value is -1.30. The third kappa shape index (κ3) is 5.86. The molecule has 1 aliphatic rings. The average Bonchev–Trinajstić information content (AvgIpc) is 2.73. The van der Waals surface area contributed by atoms with Gasteiger partial charge in [-0.25, -0.2) is 9.59 Å². The summed E-state index contributed by atoms with van der Waals surface area (Å²) in [6.07, 6.45) is 4.80. The zero-order valence-corrected chi connectivity index (χ0v) is 10.8. The second-order valence-corrected chi connectivity index (χ2v) is 5.07. The van der Waals surface area contributed by atoms with Gasteiger partial charge in [0, 0.05) is 13.1 Å². The van der Waals surface area contributed by atoms with E-state index in [0.717, 1.165) is 12.8 Å². The maximum absolute atomic E-state index is 11.4. The van der Waals surface area contributed by atoms with E-state index < -0.39 is 5.97 Å². The molecular formula is C12H22N2O4. The molecule has 1 aliphatic carbocycles. The topological polar surface area (TPSA) is 87.7 Å². The number of amides is 2. The molecule has 0 atom stereocenters. The molecule has 0 bridgehead atoms. The number of ether oxygens (including phenoxy) is 1. The summed E-state index contributed by atoms with van der Waals surface area (Å²) in [4.78, 5) is 21.6. The van der Waals surface area contributed by atoms with Gasteiger partial charge >= 0.3 is 12.0 Å².